The highest BCUT2D eigenvalue weighted by atomic mass is 15.8. The summed E-state index contributed by atoms with van der Waals surface area (Å²) in [6, 6.07) is 10.1. The minimum Gasteiger partial charge on any atom is -0.264 e. The number of nitrogens with one attached hydrogen (secondary N) is 2. The Hall–Kier alpha value is -1.55. The average molecular weight is 161 g/mol. The highest BCUT2D eigenvalue weighted by molar-refractivity contribution is 5.55. The minimum absolute atomic E-state index is 0.761. The van der Waals surface area contributed by atoms with Gasteiger partial charge in [0.05, 0.1) is 6.54 Å². The van der Waals surface area contributed by atoms with Crippen LogP contribution in [0, 0.1) is 0 Å². The largest absolute Gasteiger partial charge is 0.264 e. The van der Waals surface area contributed by atoms with Crippen molar-refractivity contribution < 1.29 is 0 Å². The van der Waals surface area contributed by atoms with Crippen LogP contribution in [0.1, 0.15) is 5.56 Å². The van der Waals surface area contributed by atoms with Crippen molar-refractivity contribution in [2.45, 2.75) is 6.54 Å². The zero-order chi connectivity index (χ0) is 8.23. The predicted octanol–water partition coefficient (Wildman–Crippen LogP) is 0.332. The van der Waals surface area contributed by atoms with Crippen LogP contribution in [0.4, 0.5) is 0 Å². The topological polar surface area (TPSA) is 39.7 Å². The Morgan fingerprint density at radius 1 is 1.33 bits per heavy atom. The summed E-state index contributed by atoms with van der Waals surface area (Å²) in [5, 5.41) is 5.42. The van der Waals surface area contributed by atoms with Gasteiger partial charge >= 0.3 is 0 Å². The molecule has 1 aromatic rings. The second kappa shape index (κ2) is 3.23. The molecule has 1 aliphatic heterocycles. The Morgan fingerprint density at radius 2 is 2.17 bits per heavy atom. The molecular formula is C8H9N4. The molecule has 61 valence electrons. The normalized spacial score (nSPS) is 14.8. The first-order valence-electron chi connectivity index (χ1n) is 3.72. The van der Waals surface area contributed by atoms with Crippen LogP contribution in [0.3, 0.4) is 0 Å². The van der Waals surface area contributed by atoms with Crippen LogP contribution >= 0.6 is 0 Å². The third-order valence-electron chi connectivity index (χ3n) is 1.60. The monoisotopic (exact) mass is 161 g/mol. The fraction of sp³-hybridized carbons (Fsp3) is 0.125. The van der Waals surface area contributed by atoms with Crippen LogP contribution in [0.2, 0.25) is 0 Å². The third kappa shape index (κ3) is 1.54. The Bertz CT molecular complexity index is 270. The number of hydrazone groups is 1. The van der Waals surface area contributed by atoms with Crippen molar-refractivity contribution in [2.24, 2.45) is 5.10 Å². The molecule has 0 fully saturated rings. The van der Waals surface area contributed by atoms with Crippen LogP contribution in [-0.4, -0.2) is 11.3 Å². The molecule has 0 amide bonds. The van der Waals surface area contributed by atoms with Gasteiger partial charge in [-0.1, -0.05) is 30.3 Å². The quantitative estimate of drug-likeness (QED) is 0.656. The lowest BCUT2D eigenvalue weighted by Gasteiger charge is -2.11. The number of hydrogen-bond donors (Lipinski definition) is 2. The molecule has 0 saturated heterocycles. The van der Waals surface area contributed by atoms with E-state index >= 15 is 0 Å². The van der Waals surface area contributed by atoms with E-state index in [1.807, 2.05) is 18.2 Å². The molecule has 1 aliphatic rings. The second-order valence-electron chi connectivity index (χ2n) is 2.51. The summed E-state index contributed by atoms with van der Waals surface area (Å²) in [6.45, 7) is 0.761. The molecule has 1 heterocycles. The van der Waals surface area contributed by atoms with E-state index in [4.69, 9.17) is 0 Å². The van der Waals surface area contributed by atoms with Crippen molar-refractivity contribution in [3.63, 3.8) is 0 Å². The maximum Gasteiger partial charge on any atom is 0.212 e. The minimum atomic E-state index is 0.761. The van der Waals surface area contributed by atoms with E-state index in [2.05, 4.69) is 34.6 Å². The number of hydrogen-bond acceptors (Lipinski definition) is 4. The van der Waals surface area contributed by atoms with Gasteiger partial charge in [-0.05, 0) is 5.56 Å². The Morgan fingerprint density at radius 3 is 2.83 bits per heavy atom. The molecule has 2 rings (SSSR count). The second-order valence-corrected chi connectivity index (χ2v) is 2.51. The van der Waals surface area contributed by atoms with E-state index in [9.17, 15) is 0 Å². The predicted molar refractivity (Wildman–Crippen MR) is 45.7 cm³/mol. The van der Waals surface area contributed by atoms with E-state index in [1.165, 1.54) is 5.56 Å². The molecule has 12 heavy (non-hydrogen) atoms. The SMILES string of the molecule is [C]1=NNNN1Cc1ccccc1. The summed E-state index contributed by atoms with van der Waals surface area (Å²) in [6.07, 6.45) is 2.74. The van der Waals surface area contributed by atoms with Crippen molar-refractivity contribution in [3.8, 4) is 0 Å². The lowest BCUT2D eigenvalue weighted by molar-refractivity contribution is 0.294. The van der Waals surface area contributed by atoms with Crippen LogP contribution in [0.15, 0.2) is 35.4 Å². The smallest absolute Gasteiger partial charge is 0.212 e. The van der Waals surface area contributed by atoms with Gasteiger partial charge in [-0.25, -0.2) is 5.53 Å². The lowest BCUT2D eigenvalue weighted by Crippen LogP contribution is -2.36. The van der Waals surface area contributed by atoms with E-state index in [1.54, 1.807) is 5.01 Å². The fourth-order valence-corrected chi connectivity index (χ4v) is 1.04. The maximum absolute atomic E-state index is 3.68. The van der Waals surface area contributed by atoms with Gasteiger partial charge < -0.3 is 0 Å². The van der Waals surface area contributed by atoms with Gasteiger partial charge in [-0.15, -0.1) is 10.6 Å². The Labute approximate surface area is 70.8 Å². The number of hydrazine groups is 2. The van der Waals surface area contributed by atoms with Gasteiger partial charge in [0.25, 0.3) is 0 Å². The molecule has 0 aromatic heterocycles. The molecule has 0 unspecified atom stereocenters. The van der Waals surface area contributed by atoms with Gasteiger partial charge in [0.15, 0.2) is 0 Å². The number of nitrogens with zero attached hydrogens (tertiary/aromatic N) is 2. The molecule has 4 heteroatoms. The lowest BCUT2D eigenvalue weighted by atomic mass is 10.2. The van der Waals surface area contributed by atoms with Crippen LogP contribution < -0.4 is 11.1 Å². The van der Waals surface area contributed by atoms with Gasteiger partial charge in [0.1, 0.15) is 0 Å². The molecule has 0 bridgehead atoms. The standard InChI is InChI=1S/C8H9N4/c1-2-4-8(5-3-1)6-12-7-9-10-11-12/h1-5,10-11H,6H2. The highest BCUT2D eigenvalue weighted by Gasteiger charge is 2.04. The summed E-state index contributed by atoms with van der Waals surface area (Å²) >= 11 is 0. The first-order valence-corrected chi connectivity index (χ1v) is 3.72. The summed E-state index contributed by atoms with van der Waals surface area (Å²) in [5.74, 6) is 0. The fourth-order valence-electron chi connectivity index (χ4n) is 1.04. The maximum atomic E-state index is 3.68. The van der Waals surface area contributed by atoms with E-state index in [0.29, 0.717) is 0 Å². The molecule has 0 saturated carbocycles. The van der Waals surface area contributed by atoms with Gasteiger partial charge in [0, 0.05) is 0 Å². The Balaban J connectivity index is 1.99. The molecule has 1 radical (unpaired) electrons. The van der Waals surface area contributed by atoms with Crippen LogP contribution in [0.25, 0.3) is 0 Å². The first-order chi connectivity index (χ1) is 5.95. The van der Waals surface area contributed by atoms with Crippen molar-refractivity contribution in [1.29, 1.82) is 0 Å². The molecule has 0 aliphatic carbocycles. The summed E-state index contributed by atoms with van der Waals surface area (Å²) < 4.78 is 0. The van der Waals surface area contributed by atoms with Gasteiger partial charge in [0.2, 0.25) is 6.34 Å². The van der Waals surface area contributed by atoms with E-state index in [0.717, 1.165) is 6.54 Å². The van der Waals surface area contributed by atoms with Crippen molar-refractivity contribution in [1.82, 2.24) is 16.1 Å². The number of rotatable bonds is 2. The first kappa shape index (κ1) is 7.12. The van der Waals surface area contributed by atoms with Crippen molar-refractivity contribution >= 4 is 6.34 Å². The summed E-state index contributed by atoms with van der Waals surface area (Å²) in [5.41, 5.74) is 6.61. The van der Waals surface area contributed by atoms with E-state index in [-0.39, 0.29) is 0 Å². The van der Waals surface area contributed by atoms with Crippen LogP contribution in [-0.2, 0) is 6.54 Å². The van der Waals surface area contributed by atoms with Crippen molar-refractivity contribution in [2.75, 3.05) is 0 Å². The molecular weight excluding hydrogens is 152 g/mol. The molecule has 4 nitrogen and oxygen atoms in total. The number of benzene rings is 1. The molecule has 0 spiro atoms. The van der Waals surface area contributed by atoms with Crippen LogP contribution in [0.5, 0.6) is 0 Å². The molecule has 1 aromatic carbocycles. The average Bonchev–Trinajstić information content (AvgIpc) is 2.59. The van der Waals surface area contributed by atoms with E-state index < -0.39 is 0 Å². The summed E-state index contributed by atoms with van der Waals surface area (Å²) in [4.78, 5) is 0. The third-order valence-corrected chi connectivity index (χ3v) is 1.60. The van der Waals surface area contributed by atoms with Crippen molar-refractivity contribution in [3.05, 3.63) is 35.9 Å². The summed E-state index contributed by atoms with van der Waals surface area (Å²) in [7, 11) is 0. The highest BCUT2D eigenvalue weighted by Crippen LogP contribution is 2.01. The zero-order valence-corrected chi connectivity index (χ0v) is 6.49. The van der Waals surface area contributed by atoms with Gasteiger partial charge in [-0.2, -0.15) is 0 Å². The molecule has 0 atom stereocenters. The Kier molecular flexibility index (Phi) is 1.92. The van der Waals surface area contributed by atoms with Gasteiger partial charge in [-0.3, -0.25) is 5.01 Å². The molecule has 2 N–H and O–H groups in total. The zero-order valence-electron chi connectivity index (χ0n) is 6.49.